The van der Waals surface area contributed by atoms with Crippen molar-refractivity contribution in [1.82, 2.24) is 9.62 Å². The van der Waals surface area contributed by atoms with Crippen LogP contribution in [0.15, 0.2) is 71.6 Å². The van der Waals surface area contributed by atoms with Crippen LogP contribution in [0.5, 0.6) is 0 Å². The van der Waals surface area contributed by atoms with Crippen molar-refractivity contribution in [2.24, 2.45) is 0 Å². The fourth-order valence-corrected chi connectivity index (χ4v) is 4.44. The zero-order valence-corrected chi connectivity index (χ0v) is 16.9. The van der Waals surface area contributed by atoms with Crippen molar-refractivity contribution < 1.29 is 13.2 Å². The molecule has 3 aromatic rings. The Balaban J connectivity index is 1.82. The van der Waals surface area contributed by atoms with Gasteiger partial charge in [0.15, 0.2) is 0 Å². The molecule has 6 heteroatoms. The Morgan fingerprint density at radius 1 is 0.929 bits per heavy atom. The SMILES string of the molecule is CCN(CC)C(=O)c1cccc(CNS(=O)(=O)c2cccc3ccccc23)c1. The second-order valence-corrected chi connectivity index (χ2v) is 8.22. The Bertz CT molecular complexity index is 1080. The zero-order chi connectivity index (χ0) is 20.1. The fraction of sp³-hybridized carbons (Fsp3) is 0.227. The quantitative estimate of drug-likeness (QED) is 0.661. The van der Waals surface area contributed by atoms with Gasteiger partial charge in [-0.2, -0.15) is 0 Å². The first-order chi connectivity index (χ1) is 13.5. The minimum atomic E-state index is -3.69. The van der Waals surface area contributed by atoms with E-state index in [2.05, 4.69) is 4.72 Å². The summed E-state index contributed by atoms with van der Waals surface area (Å²) in [5.41, 5.74) is 1.30. The molecule has 5 nitrogen and oxygen atoms in total. The largest absolute Gasteiger partial charge is 0.339 e. The van der Waals surface area contributed by atoms with Gasteiger partial charge >= 0.3 is 0 Å². The van der Waals surface area contributed by atoms with E-state index in [1.54, 1.807) is 41.3 Å². The van der Waals surface area contributed by atoms with Gasteiger partial charge in [0.1, 0.15) is 0 Å². The summed E-state index contributed by atoms with van der Waals surface area (Å²) in [6.45, 7) is 5.25. The van der Waals surface area contributed by atoms with Crippen LogP contribution in [0.3, 0.4) is 0 Å². The summed E-state index contributed by atoms with van der Waals surface area (Å²) in [5.74, 6) is -0.0521. The predicted molar refractivity (Wildman–Crippen MR) is 112 cm³/mol. The third kappa shape index (κ3) is 4.24. The number of rotatable bonds is 7. The van der Waals surface area contributed by atoms with E-state index < -0.39 is 10.0 Å². The van der Waals surface area contributed by atoms with Gasteiger partial charge in [-0.1, -0.05) is 48.5 Å². The Morgan fingerprint density at radius 2 is 1.61 bits per heavy atom. The monoisotopic (exact) mass is 396 g/mol. The number of hydrogen-bond donors (Lipinski definition) is 1. The Morgan fingerprint density at radius 3 is 2.36 bits per heavy atom. The second-order valence-electron chi connectivity index (χ2n) is 6.48. The Hall–Kier alpha value is -2.70. The number of fused-ring (bicyclic) bond motifs is 1. The van der Waals surface area contributed by atoms with Gasteiger partial charge in [0.05, 0.1) is 4.90 Å². The van der Waals surface area contributed by atoms with Gasteiger partial charge in [-0.05, 0) is 43.0 Å². The maximum absolute atomic E-state index is 12.9. The predicted octanol–water partition coefficient (Wildman–Crippen LogP) is 3.80. The van der Waals surface area contributed by atoms with Crippen LogP contribution in [0.1, 0.15) is 29.8 Å². The van der Waals surface area contributed by atoms with E-state index in [4.69, 9.17) is 0 Å². The minimum absolute atomic E-state index is 0.0521. The molecule has 0 fully saturated rings. The molecule has 0 saturated heterocycles. The number of hydrogen-bond acceptors (Lipinski definition) is 3. The van der Waals surface area contributed by atoms with Gasteiger partial charge in [0, 0.05) is 30.6 Å². The van der Waals surface area contributed by atoms with Crippen molar-refractivity contribution in [3.63, 3.8) is 0 Å². The van der Waals surface area contributed by atoms with Crippen LogP contribution in [0.2, 0.25) is 0 Å². The lowest BCUT2D eigenvalue weighted by atomic mass is 10.1. The van der Waals surface area contributed by atoms with Gasteiger partial charge in [-0.25, -0.2) is 13.1 Å². The van der Waals surface area contributed by atoms with Gasteiger partial charge in [0.2, 0.25) is 10.0 Å². The first-order valence-electron chi connectivity index (χ1n) is 9.32. The molecule has 0 saturated carbocycles. The molecule has 0 heterocycles. The van der Waals surface area contributed by atoms with E-state index in [-0.39, 0.29) is 17.3 Å². The standard InChI is InChI=1S/C22H24N2O3S/c1-3-24(4-2)22(25)19-12-7-9-17(15-19)16-23-28(26,27)21-14-8-11-18-10-5-6-13-20(18)21/h5-15,23H,3-4,16H2,1-2H3. The summed E-state index contributed by atoms with van der Waals surface area (Å²) in [6, 6.07) is 19.7. The molecule has 1 amide bonds. The molecule has 1 N–H and O–H groups in total. The molecule has 0 radical (unpaired) electrons. The summed E-state index contributed by atoms with van der Waals surface area (Å²) in [6.07, 6.45) is 0. The lowest BCUT2D eigenvalue weighted by Crippen LogP contribution is -2.30. The molecule has 0 bridgehead atoms. The van der Waals surface area contributed by atoms with Gasteiger partial charge in [-0.3, -0.25) is 4.79 Å². The van der Waals surface area contributed by atoms with Crippen molar-refractivity contribution >= 4 is 26.7 Å². The smallest absolute Gasteiger partial charge is 0.253 e. The maximum Gasteiger partial charge on any atom is 0.253 e. The van der Waals surface area contributed by atoms with E-state index in [9.17, 15) is 13.2 Å². The van der Waals surface area contributed by atoms with E-state index in [0.717, 1.165) is 10.9 Å². The number of benzene rings is 3. The van der Waals surface area contributed by atoms with Crippen LogP contribution in [-0.4, -0.2) is 32.3 Å². The minimum Gasteiger partial charge on any atom is -0.339 e. The molecule has 0 aliphatic rings. The maximum atomic E-state index is 12.9. The van der Waals surface area contributed by atoms with Crippen LogP contribution in [0.4, 0.5) is 0 Å². The van der Waals surface area contributed by atoms with Crippen molar-refractivity contribution in [2.75, 3.05) is 13.1 Å². The molecule has 0 spiro atoms. The zero-order valence-electron chi connectivity index (χ0n) is 16.1. The third-order valence-corrected chi connectivity index (χ3v) is 6.19. The first kappa shape index (κ1) is 20.0. The van der Waals surface area contributed by atoms with Gasteiger partial charge < -0.3 is 4.90 Å². The van der Waals surface area contributed by atoms with Crippen molar-refractivity contribution in [2.45, 2.75) is 25.3 Å². The van der Waals surface area contributed by atoms with Crippen LogP contribution >= 0.6 is 0 Å². The number of nitrogens with zero attached hydrogens (tertiary/aromatic N) is 1. The summed E-state index contributed by atoms with van der Waals surface area (Å²) in [4.78, 5) is 14.5. The summed E-state index contributed by atoms with van der Waals surface area (Å²) in [7, 11) is -3.69. The van der Waals surface area contributed by atoms with Crippen molar-refractivity contribution in [1.29, 1.82) is 0 Å². The molecule has 3 aromatic carbocycles. The summed E-state index contributed by atoms with van der Waals surface area (Å²) in [5, 5.41) is 1.56. The van der Waals surface area contributed by atoms with E-state index >= 15 is 0 Å². The van der Waals surface area contributed by atoms with Crippen LogP contribution in [0.25, 0.3) is 10.8 Å². The fourth-order valence-electron chi connectivity index (χ4n) is 3.19. The highest BCUT2D eigenvalue weighted by Crippen LogP contribution is 2.22. The highest BCUT2D eigenvalue weighted by Gasteiger charge is 2.17. The van der Waals surface area contributed by atoms with Crippen LogP contribution < -0.4 is 4.72 Å². The van der Waals surface area contributed by atoms with Gasteiger partial charge in [-0.15, -0.1) is 0 Å². The number of amides is 1. The number of sulfonamides is 1. The normalized spacial score (nSPS) is 11.5. The summed E-state index contributed by atoms with van der Waals surface area (Å²) >= 11 is 0. The summed E-state index contributed by atoms with van der Waals surface area (Å²) < 4.78 is 28.4. The number of nitrogens with one attached hydrogen (secondary N) is 1. The van der Waals surface area contributed by atoms with E-state index in [0.29, 0.717) is 24.0 Å². The average Bonchev–Trinajstić information content (AvgIpc) is 2.73. The topological polar surface area (TPSA) is 66.5 Å². The van der Waals surface area contributed by atoms with Gasteiger partial charge in [0.25, 0.3) is 5.91 Å². The second kappa shape index (κ2) is 8.54. The molecular formula is C22H24N2O3S. The highest BCUT2D eigenvalue weighted by atomic mass is 32.2. The number of carbonyl (C=O) groups excluding carboxylic acids is 1. The van der Waals surface area contributed by atoms with Crippen molar-refractivity contribution in [3.05, 3.63) is 77.9 Å². The first-order valence-corrected chi connectivity index (χ1v) is 10.8. The number of carbonyl (C=O) groups is 1. The lowest BCUT2D eigenvalue weighted by molar-refractivity contribution is 0.0773. The average molecular weight is 397 g/mol. The molecule has 0 aliphatic heterocycles. The molecular weight excluding hydrogens is 372 g/mol. The molecule has 28 heavy (non-hydrogen) atoms. The lowest BCUT2D eigenvalue weighted by Gasteiger charge is -2.19. The molecule has 0 aromatic heterocycles. The Kier molecular flexibility index (Phi) is 6.11. The third-order valence-electron chi connectivity index (χ3n) is 4.73. The van der Waals surface area contributed by atoms with E-state index in [1.165, 1.54) is 0 Å². The molecule has 3 rings (SSSR count). The highest BCUT2D eigenvalue weighted by molar-refractivity contribution is 7.89. The van der Waals surface area contributed by atoms with Crippen LogP contribution in [0, 0.1) is 0 Å². The molecule has 0 aliphatic carbocycles. The molecule has 0 unspecified atom stereocenters. The molecule has 146 valence electrons. The molecule has 0 atom stereocenters. The van der Waals surface area contributed by atoms with E-state index in [1.807, 2.05) is 44.2 Å². The Labute approximate surface area is 166 Å². The van der Waals surface area contributed by atoms with Crippen LogP contribution in [-0.2, 0) is 16.6 Å². The van der Waals surface area contributed by atoms with Crippen molar-refractivity contribution in [3.8, 4) is 0 Å².